The summed E-state index contributed by atoms with van der Waals surface area (Å²) in [5.41, 5.74) is 0. The molecule has 0 radical (unpaired) electrons. The summed E-state index contributed by atoms with van der Waals surface area (Å²) in [7, 11) is 0. The molecule has 2 rings (SSSR count). The van der Waals surface area contributed by atoms with Gasteiger partial charge in [-0.2, -0.15) is 0 Å². The van der Waals surface area contributed by atoms with Crippen molar-refractivity contribution in [1.29, 1.82) is 0 Å². The predicted octanol–water partition coefficient (Wildman–Crippen LogP) is 3.08. The van der Waals surface area contributed by atoms with Gasteiger partial charge in [0.15, 0.2) is 0 Å². The van der Waals surface area contributed by atoms with Gasteiger partial charge in [0.1, 0.15) is 0 Å². The molecule has 0 spiro atoms. The van der Waals surface area contributed by atoms with Crippen LogP contribution in [0.15, 0.2) is 0 Å². The predicted molar refractivity (Wildman–Crippen MR) is 72.5 cm³/mol. The van der Waals surface area contributed by atoms with Crippen molar-refractivity contribution in [3.63, 3.8) is 0 Å². The molecule has 0 aromatic heterocycles. The van der Waals surface area contributed by atoms with E-state index in [0.717, 1.165) is 45.2 Å². The van der Waals surface area contributed by atoms with Gasteiger partial charge in [0.25, 0.3) is 0 Å². The molecular weight excluding hydrogens is 342 g/mol. The summed E-state index contributed by atoms with van der Waals surface area (Å²) < 4.78 is 0. The van der Waals surface area contributed by atoms with Crippen LogP contribution in [0.3, 0.4) is 0 Å². The third kappa shape index (κ3) is 5.72. The van der Waals surface area contributed by atoms with Crippen LogP contribution in [0.5, 0.6) is 0 Å². The van der Waals surface area contributed by atoms with Gasteiger partial charge in [0, 0.05) is 0 Å². The molecule has 3 unspecified atom stereocenters. The minimum absolute atomic E-state index is 0.957. The summed E-state index contributed by atoms with van der Waals surface area (Å²) >= 11 is 6.27. The van der Waals surface area contributed by atoms with Crippen LogP contribution in [-0.2, 0) is 0 Å². The Labute approximate surface area is 109 Å². The quantitative estimate of drug-likeness (QED) is 0.371. The number of thioether (sulfide) groups is 2. The second-order valence-electron chi connectivity index (χ2n) is 3.92. The summed E-state index contributed by atoms with van der Waals surface area (Å²) in [6.07, 6.45) is 1.54. The van der Waals surface area contributed by atoms with E-state index in [9.17, 15) is 0 Å². The number of hydrogen-bond acceptors (Lipinski definition) is 2. The zero-order valence-corrected chi connectivity index (χ0v) is 13.7. The normalized spacial score (nSPS) is 31.5. The van der Waals surface area contributed by atoms with Crippen molar-refractivity contribution in [3.8, 4) is 0 Å². The maximum atomic E-state index is 2.48. The first-order valence-corrected chi connectivity index (χ1v) is 12.0. The van der Waals surface area contributed by atoms with Crippen molar-refractivity contribution in [2.24, 2.45) is 0 Å². The summed E-state index contributed by atoms with van der Waals surface area (Å²) in [4.78, 5) is 1.07. The molecule has 14 heavy (non-hydrogen) atoms. The second-order valence-corrected chi connectivity index (χ2v) is 12.1. The molecule has 3 atom stereocenters. The molecule has 2 aliphatic rings. The Morgan fingerprint density at radius 2 is 1.86 bits per heavy atom. The zero-order chi connectivity index (χ0) is 9.80. The van der Waals surface area contributed by atoms with E-state index < -0.39 is 0 Å². The van der Waals surface area contributed by atoms with Crippen molar-refractivity contribution >= 4 is 53.4 Å². The van der Waals surface area contributed by atoms with Gasteiger partial charge in [0.2, 0.25) is 0 Å². The molecule has 0 bridgehead atoms. The van der Waals surface area contributed by atoms with E-state index in [1.165, 1.54) is 17.9 Å². The molecule has 0 aromatic rings. The summed E-state index contributed by atoms with van der Waals surface area (Å²) in [5.74, 6) is 2.94. The van der Waals surface area contributed by atoms with E-state index in [-0.39, 0.29) is 0 Å². The summed E-state index contributed by atoms with van der Waals surface area (Å²) in [6.45, 7) is 2.48. The fourth-order valence-corrected chi connectivity index (χ4v) is 9.62. The van der Waals surface area contributed by atoms with E-state index in [2.05, 4.69) is 30.4 Å². The van der Waals surface area contributed by atoms with E-state index in [1.54, 1.807) is 16.0 Å². The van der Waals surface area contributed by atoms with Crippen LogP contribution in [0.1, 0.15) is 13.3 Å². The van der Waals surface area contributed by atoms with Crippen molar-refractivity contribution in [3.05, 3.63) is 0 Å². The first-order chi connectivity index (χ1) is 6.84. The summed E-state index contributed by atoms with van der Waals surface area (Å²) in [6, 6.07) is 0. The molecular formula is C10H18S2Se2. The molecule has 0 N–H and O–H groups in total. The van der Waals surface area contributed by atoms with Gasteiger partial charge in [-0.15, -0.1) is 0 Å². The van der Waals surface area contributed by atoms with Crippen LogP contribution < -0.4 is 0 Å². The van der Waals surface area contributed by atoms with Crippen LogP contribution in [0.25, 0.3) is 0 Å². The van der Waals surface area contributed by atoms with Gasteiger partial charge in [-0.25, -0.2) is 0 Å². The molecule has 2 fully saturated rings. The van der Waals surface area contributed by atoms with Gasteiger partial charge < -0.3 is 0 Å². The molecule has 0 nitrogen and oxygen atoms in total. The zero-order valence-electron chi connectivity index (χ0n) is 8.61. The average Bonchev–Trinajstić information content (AvgIpc) is 3.02. The number of rotatable bonds is 8. The molecule has 2 heterocycles. The van der Waals surface area contributed by atoms with Gasteiger partial charge in [-0.1, -0.05) is 0 Å². The van der Waals surface area contributed by atoms with Gasteiger partial charge in [-0.05, 0) is 0 Å². The maximum absolute atomic E-state index is 2.48. The second kappa shape index (κ2) is 6.47. The molecule has 2 aliphatic heterocycles. The summed E-state index contributed by atoms with van der Waals surface area (Å²) in [5, 5.41) is 6.87. The van der Waals surface area contributed by atoms with Crippen LogP contribution in [0.2, 0.25) is 20.8 Å². The molecule has 82 valence electrons. The Kier molecular flexibility index (Phi) is 5.64. The monoisotopic (exact) mass is 362 g/mol. The van der Waals surface area contributed by atoms with Gasteiger partial charge >= 0.3 is 110 Å². The van der Waals surface area contributed by atoms with Crippen molar-refractivity contribution in [2.45, 2.75) is 44.6 Å². The molecule has 0 aromatic carbocycles. The fraction of sp³-hybridized carbons (Fsp3) is 1.00. The van der Waals surface area contributed by atoms with E-state index in [0.29, 0.717) is 0 Å². The minimum atomic E-state index is 0.957. The first kappa shape index (κ1) is 12.2. The topological polar surface area (TPSA) is 0 Å². The van der Waals surface area contributed by atoms with Gasteiger partial charge in [-0.3, -0.25) is 0 Å². The molecule has 4 heteroatoms. The van der Waals surface area contributed by atoms with E-state index >= 15 is 0 Å². The number of hydrogen-bond donors (Lipinski definition) is 0. The average molecular weight is 360 g/mol. The van der Waals surface area contributed by atoms with Crippen LogP contribution >= 0.6 is 23.5 Å². The standard InChI is InChI=1S/C10H18S2Se2/c1-8(14-7-10-5-12-10)2-3-13-6-9-4-11-9/h8-10H,2-7H2,1H3. The van der Waals surface area contributed by atoms with Crippen LogP contribution in [0, 0.1) is 0 Å². The van der Waals surface area contributed by atoms with E-state index in [4.69, 9.17) is 0 Å². The third-order valence-electron chi connectivity index (χ3n) is 2.34. The van der Waals surface area contributed by atoms with Crippen molar-refractivity contribution < 1.29 is 0 Å². The Morgan fingerprint density at radius 1 is 1.21 bits per heavy atom. The Morgan fingerprint density at radius 3 is 2.50 bits per heavy atom. The fourth-order valence-electron chi connectivity index (χ4n) is 1.15. The van der Waals surface area contributed by atoms with E-state index in [1.807, 2.05) is 0 Å². The molecule has 0 saturated carbocycles. The molecule has 0 amide bonds. The van der Waals surface area contributed by atoms with Crippen LogP contribution in [0.4, 0.5) is 0 Å². The first-order valence-electron chi connectivity index (χ1n) is 5.27. The SMILES string of the molecule is CC(CC[Se]CC1CS1)[Se]CC1CS1. The van der Waals surface area contributed by atoms with Crippen molar-refractivity contribution in [1.82, 2.24) is 0 Å². The molecule has 0 aliphatic carbocycles. The Balaban J connectivity index is 1.38. The van der Waals surface area contributed by atoms with Gasteiger partial charge in [0.05, 0.1) is 0 Å². The Hall–Kier alpha value is 1.74. The third-order valence-corrected chi connectivity index (χ3v) is 10.6. The Bertz CT molecular complexity index is 170. The molecule has 2 saturated heterocycles. The van der Waals surface area contributed by atoms with Crippen LogP contribution in [-0.4, -0.2) is 51.9 Å². The van der Waals surface area contributed by atoms with Crippen molar-refractivity contribution in [2.75, 3.05) is 11.5 Å².